The van der Waals surface area contributed by atoms with E-state index >= 15 is 0 Å². The number of nitrogens with one attached hydrogen (secondary N) is 1. The summed E-state index contributed by atoms with van der Waals surface area (Å²) in [5, 5.41) is 3.18. The Morgan fingerprint density at radius 2 is 1.84 bits per heavy atom. The predicted octanol–water partition coefficient (Wildman–Crippen LogP) is 4.49. The molecule has 4 amide bonds. The van der Waals surface area contributed by atoms with E-state index in [1.165, 1.54) is 0 Å². The van der Waals surface area contributed by atoms with Crippen LogP contribution < -0.4 is 10.2 Å². The van der Waals surface area contributed by atoms with Gasteiger partial charge in [0, 0.05) is 16.7 Å². The fraction of sp³-hybridized carbons (Fsp3) is 0.400. The van der Waals surface area contributed by atoms with Crippen molar-refractivity contribution in [3.05, 3.63) is 59.7 Å². The van der Waals surface area contributed by atoms with Crippen molar-refractivity contribution in [2.75, 3.05) is 18.0 Å². The molecule has 1 saturated heterocycles. The third-order valence-electron chi connectivity index (χ3n) is 6.27. The van der Waals surface area contributed by atoms with Crippen LogP contribution in [0.15, 0.2) is 53.4 Å². The molecule has 0 radical (unpaired) electrons. The van der Waals surface area contributed by atoms with E-state index in [1.807, 2.05) is 48.5 Å². The number of fused-ring (bicyclic) bond motifs is 1. The highest BCUT2D eigenvalue weighted by atomic mass is 32.2. The minimum atomic E-state index is -1.19. The van der Waals surface area contributed by atoms with Crippen molar-refractivity contribution in [1.29, 1.82) is 0 Å². The van der Waals surface area contributed by atoms with Gasteiger partial charge in [-0.2, -0.15) is 0 Å². The van der Waals surface area contributed by atoms with E-state index in [0.29, 0.717) is 23.3 Å². The van der Waals surface area contributed by atoms with Crippen LogP contribution in [0.4, 0.5) is 10.5 Å². The van der Waals surface area contributed by atoms with Crippen LogP contribution in [0, 0.1) is 0 Å². The monoisotopic (exact) mass is 451 g/mol. The van der Waals surface area contributed by atoms with Crippen LogP contribution in [0.3, 0.4) is 0 Å². The highest BCUT2D eigenvalue weighted by molar-refractivity contribution is 8.00. The van der Waals surface area contributed by atoms with E-state index in [4.69, 9.17) is 0 Å². The van der Waals surface area contributed by atoms with Gasteiger partial charge in [-0.15, -0.1) is 11.8 Å². The maximum Gasteiger partial charge on any atom is 0.325 e. The van der Waals surface area contributed by atoms with Gasteiger partial charge < -0.3 is 10.2 Å². The molecule has 0 saturated carbocycles. The summed E-state index contributed by atoms with van der Waals surface area (Å²) in [4.78, 5) is 43.1. The van der Waals surface area contributed by atoms with Gasteiger partial charge in [-0.1, -0.05) is 57.2 Å². The normalized spacial score (nSPS) is 23.2. The van der Waals surface area contributed by atoms with Gasteiger partial charge in [0.25, 0.3) is 5.91 Å². The Morgan fingerprint density at radius 3 is 2.53 bits per heavy atom. The molecule has 2 atom stereocenters. The van der Waals surface area contributed by atoms with Crippen molar-refractivity contribution in [2.24, 2.45) is 0 Å². The first-order valence-electron chi connectivity index (χ1n) is 11.0. The zero-order valence-electron chi connectivity index (χ0n) is 18.9. The Labute approximate surface area is 193 Å². The second kappa shape index (κ2) is 8.62. The summed E-state index contributed by atoms with van der Waals surface area (Å²) in [5.74, 6) is -0.286. The lowest BCUT2D eigenvalue weighted by Crippen LogP contribution is -2.45. The number of rotatable bonds is 4. The molecular weight excluding hydrogens is 422 g/mol. The molecule has 2 aromatic rings. The lowest BCUT2D eigenvalue weighted by molar-refractivity contribution is -0.134. The summed E-state index contributed by atoms with van der Waals surface area (Å²) in [6, 6.07) is 15.0. The third kappa shape index (κ3) is 4.01. The topological polar surface area (TPSA) is 69.7 Å². The zero-order valence-corrected chi connectivity index (χ0v) is 19.7. The van der Waals surface area contributed by atoms with E-state index in [9.17, 15) is 14.4 Å². The zero-order chi connectivity index (χ0) is 23.0. The highest BCUT2D eigenvalue weighted by Gasteiger charge is 2.49. The summed E-state index contributed by atoms with van der Waals surface area (Å²) < 4.78 is 0. The Kier molecular flexibility index (Phi) is 6.03. The first-order valence-corrected chi connectivity index (χ1v) is 11.9. The number of carbonyl (C=O) groups excluding carboxylic acids is 3. The van der Waals surface area contributed by atoms with Crippen LogP contribution in [-0.2, 0) is 15.1 Å². The van der Waals surface area contributed by atoms with E-state index in [2.05, 4.69) is 26.1 Å². The molecule has 2 aliphatic heterocycles. The molecule has 2 heterocycles. The Bertz CT molecular complexity index is 1050. The molecular formula is C25H29N3O3S. The average molecular weight is 452 g/mol. The smallest absolute Gasteiger partial charge is 0.319 e. The quantitative estimate of drug-likeness (QED) is 0.695. The molecule has 2 aromatic carbocycles. The number of imide groups is 1. The lowest BCUT2D eigenvalue weighted by Gasteiger charge is -2.25. The number of hydrogen-bond acceptors (Lipinski definition) is 4. The van der Waals surface area contributed by atoms with Crippen molar-refractivity contribution >= 4 is 35.3 Å². The molecule has 2 aliphatic rings. The third-order valence-corrected chi connectivity index (χ3v) is 7.50. The molecule has 1 N–H and O–H groups in total. The van der Waals surface area contributed by atoms with Crippen molar-refractivity contribution in [2.45, 2.75) is 55.7 Å². The van der Waals surface area contributed by atoms with E-state index in [-0.39, 0.29) is 12.5 Å². The van der Waals surface area contributed by atoms with Crippen LogP contribution in [0.5, 0.6) is 0 Å². The molecule has 0 bridgehead atoms. The number of thioether (sulfide) groups is 1. The maximum absolute atomic E-state index is 13.3. The Hall–Kier alpha value is -2.80. The van der Waals surface area contributed by atoms with Crippen LogP contribution in [0.2, 0.25) is 0 Å². The van der Waals surface area contributed by atoms with Crippen LogP contribution >= 0.6 is 11.8 Å². The number of anilines is 1. The summed E-state index contributed by atoms with van der Waals surface area (Å²) in [7, 11) is 0. The van der Waals surface area contributed by atoms with Crippen molar-refractivity contribution in [3.8, 4) is 0 Å². The molecule has 0 aliphatic carbocycles. The van der Waals surface area contributed by atoms with Crippen LogP contribution in [-0.4, -0.2) is 41.1 Å². The number of benzene rings is 2. The molecule has 0 aromatic heterocycles. The average Bonchev–Trinajstić information content (AvgIpc) is 2.90. The predicted molar refractivity (Wildman–Crippen MR) is 127 cm³/mol. The largest absolute Gasteiger partial charge is 0.325 e. The summed E-state index contributed by atoms with van der Waals surface area (Å²) >= 11 is 1.74. The molecule has 168 valence electrons. The fourth-order valence-electron chi connectivity index (χ4n) is 4.20. The first-order chi connectivity index (χ1) is 15.2. The molecule has 4 rings (SSSR count). The van der Waals surface area contributed by atoms with Gasteiger partial charge in [-0.05, 0) is 42.5 Å². The van der Waals surface area contributed by atoms with Crippen LogP contribution in [0.25, 0.3) is 0 Å². The minimum Gasteiger partial charge on any atom is -0.319 e. The van der Waals surface area contributed by atoms with E-state index < -0.39 is 17.5 Å². The summed E-state index contributed by atoms with van der Waals surface area (Å²) in [6.07, 6.45) is 0.838. The molecule has 6 nitrogen and oxygen atoms in total. The van der Waals surface area contributed by atoms with Crippen molar-refractivity contribution < 1.29 is 14.4 Å². The number of urea groups is 1. The molecule has 32 heavy (non-hydrogen) atoms. The van der Waals surface area contributed by atoms with Gasteiger partial charge in [0.1, 0.15) is 12.1 Å². The number of carbonyl (C=O) groups is 3. The fourth-order valence-corrected chi connectivity index (χ4v) is 5.32. The van der Waals surface area contributed by atoms with Gasteiger partial charge in [-0.3, -0.25) is 14.5 Å². The van der Waals surface area contributed by atoms with Gasteiger partial charge in [0.2, 0.25) is 5.91 Å². The molecule has 0 unspecified atom stereocenters. The minimum absolute atomic E-state index is 0.255. The lowest BCUT2D eigenvalue weighted by atomic mass is 9.90. The van der Waals surface area contributed by atoms with Gasteiger partial charge in [0.15, 0.2) is 0 Å². The number of amides is 4. The van der Waals surface area contributed by atoms with Gasteiger partial charge in [-0.25, -0.2) is 4.79 Å². The molecule has 1 fully saturated rings. The van der Waals surface area contributed by atoms with Gasteiger partial charge >= 0.3 is 6.03 Å². The standard InChI is InChI=1S/C25H29N3O3S/c1-16(2)18-9-11-19(12-10-18)25(4)23(30)28(24(31)26-25)15-22(29)27-14-13-17(3)32-21-8-6-5-7-20(21)27/h5-12,16-17H,13-15H2,1-4H3,(H,26,31)/t17-,25-/m0/s1. The summed E-state index contributed by atoms with van der Waals surface area (Å²) in [6.45, 7) is 8.32. The maximum atomic E-state index is 13.3. The number of nitrogens with zero attached hydrogens (tertiary/aromatic N) is 2. The van der Waals surface area contributed by atoms with E-state index in [0.717, 1.165) is 27.5 Å². The molecule has 0 spiro atoms. The highest BCUT2D eigenvalue weighted by Crippen LogP contribution is 2.37. The van der Waals surface area contributed by atoms with Gasteiger partial charge in [0.05, 0.1) is 5.69 Å². The second-order valence-corrected chi connectivity index (χ2v) is 10.4. The Balaban J connectivity index is 1.55. The SMILES string of the molecule is CC(C)c1ccc([C@]2(C)NC(=O)N(CC(=O)N3CC[C@H](C)Sc4ccccc43)C2=O)cc1. The van der Waals surface area contributed by atoms with E-state index in [1.54, 1.807) is 23.6 Å². The van der Waals surface area contributed by atoms with Crippen molar-refractivity contribution in [1.82, 2.24) is 10.2 Å². The molecule has 7 heteroatoms. The Morgan fingerprint density at radius 1 is 1.16 bits per heavy atom. The number of para-hydroxylation sites is 1. The van der Waals surface area contributed by atoms with Crippen LogP contribution in [0.1, 0.15) is 51.2 Å². The summed E-state index contributed by atoms with van der Waals surface area (Å²) in [5.41, 5.74) is 1.52. The number of hydrogen-bond donors (Lipinski definition) is 1. The first kappa shape index (κ1) is 22.4. The van der Waals surface area contributed by atoms with Crippen molar-refractivity contribution in [3.63, 3.8) is 0 Å². The second-order valence-electron chi connectivity index (χ2n) is 8.95.